The van der Waals surface area contributed by atoms with Crippen molar-refractivity contribution < 1.29 is 18.4 Å². The van der Waals surface area contributed by atoms with E-state index in [-0.39, 0.29) is 33.9 Å². The van der Waals surface area contributed by atoms with Gasteiger partial charge < -0.3 is 8.85 Å². The molecule has 0 heterocycles. The lowest BCUT2D eigenvalue weighted by Crippen LogP contribution is -2.44. The van der Waals surface area contributed by atoms with Crippen LogP contribution in [0.5, 0.6) is 0 Å². The number of hydrogen-bond donors (Lipinski definition) is 0. The maximum Gasteiger partial charge on any atom is 0.193 e. The zero-order valence-corrected chi connectivity index (χ0v) is 28.5. The third kappa shape index (κ3) is 8.12. The van der Waals surface area contributed by atoms with Gasteiger partial charge in [0.15, 0.2) is 28.2 Å². The first-order valence-corrected chi connectivity index (χ1v) is 20.7. The summed E-state index contributed by atoms with van der Waals surface area (Å²) in [6.07, 6.45) is 2.55. The normalized spacial score (nSPS) is 24.1. The van der Waals surface area contributed by atoms with Crippen LogP contribution < -0.4 is 0 Å². The SMILES string of the molecule is CC(C)(C)[Si](C)(C)OC1C[C@@H](c2ccccc2)CC1=O.CC(C)(C)[Si](C)(C)O[C@H]1C[C@@H](c2ccccc2)CC1=O. The van der Waals surface area contributed by atoms with Gasteiger partial charge in [-0.15, -0.1) is 0 Å². The molecule has 2 aliphatic carbocycles. The maximum absolute atomic E-state index is 12.3. The van der Waals surface area contributed by atoms with Crippen molar-refractivity contribution in [2.24, 2.45) is 0 Å². The van der Waals surface area contributed by atoms with Gasteiger partial charge in [-0.05, 0) is 72.1 Å². The van der Waals surface area contributed by atoms with Crippen LogP contribution in [-0.2, 0) is 18.4 Å². The van der Waals surface area contributed by atoms with Crippen molar-refractivity contribution in [2.75, 3.05) is 0 Å². The molecule has 2 saturated carbocycles. The molecule has 0 bridgehead atoms. The van der Waals surface area contributed by atoms with E-state index in [1.165, 1.54) is 11.1 Å². The summed E-state index contributed by atoms with van der Waals surface area (Å²) in [5.74, 6) is 1.23. The van der Waals surface area contributed by atoms with Crippen LogP contribution in [0.15, 0.2) is 60.7 Å². The minimum Gasteiger partial charge on any atom is -0.407 e. The highest BCUT2D eigenvalue weighted by atomic mass is 28.4. The molecule has 0 spiro atoms. The molecule has 2 fully saturated rings. The number of rotatable bonds is 6. The molecule has 0 N–H and O–H groups in total. The van der Waals surface area contributed by atoms with Crippen molar-refractivity contribution in [1.29, 1.82) is 0 Å². The van der Waals surface area contributed by atoms with Crippen molar-refractivity contribution >= 4 is 28.2 Å². The fourth-order valence-corrected chi connectivity index (χ4v) is 7.53. The summed E-state index contributed by atoms with van der Waals surface area (Å²) in [4.78, 5) is 24.5. The minimum atomic E-state index is -1.86. The van der Waals surface area contributed by atoms with Crippen LogP contribution in [0.25, 0.3) is 0 Å². The number of ketones is 2. The van der Waals surface area contributed by atoms with Gasteiger partial charge in [0.2, 0.25) is 0 Å². The topological polar surface area (TPSA) is 52.6 Å². The van der Waals surface area contributed by atoms with Crippen LogP contribution in [-0.4, -0.2) is 40.4 Å². The molecule has 0 aliphatic heterocycles. The Hall–Kier alpha value is -1.87. The first kappa shape index (κ1) is 32.6. The Kier molecular flexibility index (Phi) is 10.2. The van der Waals surface area contributed by atoms with E-state index < -0.39 is 16.6 Å². The Morgan fingerprint density at radius 2 is 0.875 bits per heavy atom. The Labute approximate surface area is 245 Å². The Morgan fingerprint density at radius 1 is 0.575 bits per heavy atom. The summed E-state index contributed by atoms with van der Waals surface area (Å²) in [7, 11) is -3.73. The predicted octanol–water partition coefficient (Wildman–Crippen LogP) is 9.05. The molecule has 220 valence electrons. The lowest BCUT2D eigenvalue weighted by Gasteiger charge is -2.38. The molecule has 0 saturated heterocycles. The zero-order valence-electron chi connectivity index (χ0n) is 26.5. The van der Waals surface area contributed by atoms with E-state index in [0.717, 1.165) is 12.8 Å². The molecule has 2 aromatic carbocycles. The third-order valence-electron chi connectivity index (χ3n) is 9.64. The molecule has 4 rings (SSSR count). The fourth-order valence-electron chi connectivity index (χ4n) is 4.95. The number of hydrogen-bond acceptors (Lipinski definition) is 4. The largest absolute Gasteiger partial charge is 0.407 e. The Morgan fingerprint density at radius 3 is 1.15 bits per heavy atom. The number of Topliss-reactive ketones (excluding diaryl/α,β-unsaturated/α-hetero) is 2. The Bertz CT molecular complexity index is 1040. The van der Waals surface area contributed by atoms with Gasteiger partial charge in [0.1, 0.15) is 12.2 Å². The van der Waals surface area contributed by atoms with E-state index in [1.807, 2.05) is 36.4 Å². The zero-order chi connectivity index (χ0) is 29.9. The standard InChI is InChI=1S/2C17H26O2Si/c2*1-17(2,3)20(4,5)19-16-12-14(11-15(16)18)13-9-7-6-8-10-13/h2*6-10,14,16H,11-12H2,1-5H3/t14-,16?;14-,16-/m00/s1. The average Bonchev–Trinajstić information content (AvgIpc) is 3.40. The molecule has 40 heavy (non-hydrogen) atoms. The van der Waals surface area contributed by atoms with E-state index in [4.69, 9.17) is 8.85 Å². The lowest BCUT2D eigenvalue weighted by molar-refractivity contribution is -0.124. The second-order valence-electron chi connectivity index (χ2n) is 14.8. The van der Waals surface area contributed by atoms with E-state index in [0.29, 0.717) is 24.7 Å². The summed E-state index contributed by atoms with van der Waals surface area (Å²) in [6.45, 7) is 22.2. The quantitative estimate of drug-likeness (QED) is 0.320. The van der Waals surface area contributed by atoms with Crippen molar-refractivity contribution in [3.8, 4) is 0 Å². The van der Waals surface area contributed by atoms with Crippen LogP contribution in [0.2, 0.25) is 36.3 Å². The highest BCUT2D eigenvalue weighted by molar-refractivity contribution is 6.74. The molecule has 0 aromatic heterocycles. The highest BCUT2D eigenvalue weighted by Crippen LogP contribution is 2.42. The minimum absolute atomic E-state index is 0.151. The smallest absolute Gasteiger partial charge is 0.193 e. The number of benzene rings is 2. The van der Waals surface area contributed by atoms with Crippen molar-refractivity contribution in [3.63, 3.8) is 0 Å². The van der Waals surface area contributed by atoms with Gasteiger partial charge in [0, 0.05) is 12.8 Å². The third-order valence-corrected chi connectivity index (χ3v) is 18.6. The summed E-state index contributed by atoms with van der Waals surface area (Å²) < 4.78 is 12.6. The van der Waals surface area contributed by atoms with Crippen LogP contribution in [0, 0.1) is 0 Å². The first-order chi connectivity index (χ1) is 18.4. The Balaban J connectivity index is 0.000000220. The molecule has 4 atom stereocenters. The van der Waals surface area contributed by atoms with Crippen molar-refractivity contribution in [1.82, 2.24) is 0 Å². The van der Waals surface area contributed by atoms with E-state index in [2.05, 4.69) is 92.0 Å². The van der Waals surface area contributed by atoms with Crippen LogP contribution >= 0.6 is 0 Å². The molecular formula is C34H52O4Si2. The highest BCUT2D eigenvalue weighted by Gasteiger charge is 2.45. The van der Waals surface area contributed by atoms with E-state index >= 15 is 0 Å². The van der Waals surface area contributed by atoms with Crippen molar-refractivity contribution in [3.05, 3.63) is 71.8 Å². The number of carbonyl (C=O) groups is 2. The second-order valence-corrected chi connectivity index (χ2v) is 24.3. The lowest BCUT2D eigenvalue weighted by atomic mass is 9.98. The maximum atomic E-state index is 12.3. The van der Waals surface area contributed by atoms with Gasteiger partial charge >= 0.3 is 0 Å². The van der Waals surface area contributed by atoms with Crippen molar-refractivity contribution in [2.45, 2.75) is 128 Å². The molecule has 6 heteroatoms. The van der Waals surface area contributed by atoms with Gasteiger partial charge in [-0.3, -0.25) is 9.59 Å². The van der Waals surface area contributed by atoms with Gasteiger partial charge in [-0.1, -0.05) is 102 Å². The molecule has 2 aliphatic rings. The molecule has 1 unspecified atom stereocenters. The summed E-state index contributed by atoms with van der Waals surface area (Å²) in [5.41, 5.74) is 2.53. The predicted molar refractivity (Wildman–Crippen MR) is 171 cm³/mol. The monoisotopic (exact) mass is 580 g/mol. The number of carbonyl (C=O) groups excluding carboxylic acids is 2. The van der Waals surface area contributed by atoms with Gasteiger partial charge in [0.25, 0.3) is 0 Å². The summed E-state index contributed by atoms with van der Waals surface area (Å²) >= 11 is 0. The van der Waals surface area contributed by atoms with Crippen LogP contribution in [0.1, 0.15) is 90.2 Å². The molecule has 2 aromatic rings. The fraction of sp³-hybridized carbons (Fsp3) is 0.588. The summed E-state index contributed by atoms with van der Waals surface area (Å²) in [5, 5.41) is 0.302. The second kappa shape index (κ2) is 12.6. The molecule has 0 amide bonds. The first-order valence-electron chi connectivity index (χ1n) is 14.9. The van der Waals surface area contributed by atoms with Crippen LogP contribution in [0.4, 0.5) is 0 Å². The van der Waals surface area contributed by atoms with Gasteiger partial charge in [-0.25, -0.2) is 0 Å². The summed E-state index contributed by atoms with van der Waals surface area (Å²) in [6, 6.07) is 20.7. The van der Waals surface area contributed by atoms with Crippen LogP contribution in [0.3, 0.4) is 0 Å². The van der Waals surface area contributed by atoms with Gasteiger partial charge in [0.05, 0.1) is 0 Å². The van der Waals surface area contributed by atoms with E-state index in [1.54, 1.807) is 0 Å². The van der Waals surface area contributed by atoms with Gasteiger partial charge in [-0.2, -0.15) is 0 Å². The molecular weight excluding hydrogens is 529 g/mol. The molecule has 4 nitrogen and oxygen atoms in total. The average molecular weight is 581 g/mol. The molecule has 0 radical (unpaired) electrons. The van der Waals surface area contributed by atoms with E-state index in [9.17, 15) is 9.59 Å².